The minimum absolute atomic E-state index is 0.0235. The molecule has 1 atom stereocenters. The zero-order valence-corrected chi connectivity index (χ0v) is 13.5. The van der Waals surface area contributed by atoms with Gasteiger partial charge in [-0.1, -0.05) is 53.5 Å². The summed E-state index contributed by atoms with van der Waals surface area (Å²) in [4.78, 5) is 18.5. The van der Waals surface area contributed by atoms with Crippen LogP contribution in [0.1, 0.15) is 28.8 Å². The van der Waals surface area contributed by atoms with Crippen LogP contribution in [0.15, 0.2) is 42.5 Å². The molecule has 0 radical (unpaired) electrons. The number of pyridine rings is 1. The van der Waals surface area contributed by atoms with Crippen LogP contribution in [0.4, 0.5) is 0 Å². The largest absolute Gasteiger partial charge is 0.335 e. The highest BCUT2D eigenvalue weighted by atomic mass is 35.5. The lowest BCUT2D eigenvalue weighted by Gasteiger charge is -2.25. The third kappa shape index (κ3) is 3.42. The molecule has 1 aromatic carbocycles. The molecule has 1 fully saturated rings. The van der Waals surface area contributed by atoms with Crippen molar-refractivity contribution in [2.24, 2.45) is 0 Å². The van der Waals surface area contributed by atoms with E-state index in [4.69, 9.17) is 23.2 Å². The van der Waals surface area contributed by atoms with E-state index in [1.165, 1.54) is 5.56 Å². The van der Waals surface area contributed by atoms with Crippen molar-refractivity contribution in [2.45, 2.75) is 25.3 Å². The number of aromatic nitrogens is 1. The van der Waals surface area contributed by atoms with Crippen LogP contribution in [0.3, 0.4) is 0 Å². The van der Waals surface area contributed by atoms with Crippen LogP contribution < -0.4 is 0 Å². The number of carbonyl (C=O) groups is 1. The number of likely N-dealkylation sites (tertiary alicyclic amines) is 1. The van der Waals surface area contributed by atoms with Crippen molar-refractivity contribution in [2.75, 3.05) is 6.54 Å². The van der Waals surface area contributed by atoms with Crippen LogP contribution in [0.2, 0.25) is 10.3 Å². The Balaban J connectivity index is 1.79. The first-order valence-corrected chi connectivity index (χ1v) is 8.07. The lowest BCUT2D eigenvalue weighted by Crippen LogP contribution is -2.36. The fourth-order valence-electron chi connectivity index (χ4n) is 2.96. The Hall–Kier alpha value is -1.58. The Morgan fingerprint density at radius 3 is 2.55 bits per heavy atom. The first-order chi connectivity index (χ1) is 10.6. The Morgan fingerprint density at radius 2 is 1.86 bits per heavy atom. The van der Waals surface area contributed by atoms with Crippen molar-refractivity contribution in [1.29, 1.82) is 0 Å². The molecule has 3 nitrogen and oxygen atoms in total. The number of rotatable bonds is 3. The summed E-state index contributed by atoms with van der Waals surface area (Å²) in [5.74, 6) is -0.0235. The van der Waals surface area contributed by atoms with E-state index < -0.39 is 0 Å². The van der Waals surface area contributed by atoms with Crippen molar-refractivity contribution in [3.05, 3.63) is 63.9 Å². The smallest absolute Gasteiger partial charge is 0.254 e. The van der Waals surface area contributed by atoms with Crippen molar-refractivity contribution >= 4 is 29.1 Å². The van der Waals surface area contributed by atoms with Crippen LogP contribution in [0.5, 0.6) is 0 Å². The second-order valence-corrected chi connectivity index (χ2v) is 6.26. The highest BCUT2D eigenvalue weighted by molar-refractivity contribution is 6.33. The molecular weight excluding hydrogens is 319 g/mol. The summed E-state index contributed by atoms with van der Waals surface area (Å²) in [6.07, 6.45) is 2.92. The van der Waals surface area contributed by atoms with Gasteiger partial charge < -0.3 is 4.90 Å². The van der Waals surface area contributed by atoms with E-state index in [0.29, 0.717) is 5.56 Å². The van der Waals surface area contributed by atoms with E-state index in [-0.39, 0.29) is 22.3 Å². The van der Waals surface area contributed by atoms with Gasteiger partial charge >= 0.3 is 0 Å². The van der Waals surface area contributed by atoms with Gasteiger partial charge in [-0.3, -0.25) is 4.79 Å². The molecule has 0 spiro atoms. The average molecular weight is 335 g/mol. The predicted octanol–water partition coefficient (Wildman–Crippen LogP) is 4.24. The monoisotopic (exact) mass is 334 g/mol. The topological polar surface area (TPSA) is 33.2 Å². The van der Waals surface area contributed by atoms with Crippen LogP contribution in [-0.2, 0) is 6.42 Å². The van der Waals surface area contributed by atoms with Gasteiger partial charge in [0, 0.05) is 18.2 Å². The van der Waals surface area contributed by atoms with Gasteiger partial charge in [-0.25, -0.2) is 4.98 Å². The molecule has 1 aliphatic rings. The third-order valence-corrected chi connectivity index (χ3v) is 4.35. The second kappa shape index (κ2) is 6.67. The first kappa shape index (κ1) is 15.3. The van der Waals surface area contributed by atoms with Crippen LogP contribution >= 0.6 is 23.2 Å². The zero-order valence-electron chi connectivity index (χ0n) is 12.0. The minimum atomic E-state index is -0.0235. The Labute approximate surface area is 139 Å². The second-order valence-electron chi connectivity index (χ2n) is 5.49. The van der Waals surface area contributed by atoms with Gasteiger partial charge in [0.15, 0.2) is 0 Å². The molecule has 2 aromatic rings. The lowest BCUT2D eigenvalue weighted by atomic mass is 10.0. The first-order valence-electron chi connectivity index (χ1n) is 7.31. The van der Waals surface area contributed by atoms with Gasteiger partial charge in [0.05, 0.1) is 0 Å². The van der Waals surface area contributed by atoms with Gasteiger partial charge in [-0.05, 0) is 37.0 Å². The number of hydrogen-bond acceptors (Lipinski definition) is 2. The molecule has 1 saturated heterocycles. The lowest BCUT2D eigenvalue weighted by molar-refractivity contribution is 0.0736. The molecule has 114 valence electrons. The Kier molecular flexibility index (Phi) is 4.65. The molecule has 5 heteroatoms. The summed E-state index contributed by atoms with van der Waals surface area (Å²) < 4.78 is 0. The highest BCUT2D eigenvalue weighted by Gasteiger charge is 2.29. The number of halogens is 2. The molecule has 0 bridgehead atoms. The molecule has 1 aliphatic heterocycles. The van der Waals surface area contributed by atoms with Gasteiger partial charge in [-0.2, -0.15) is 0 Å². The quantitative estimate of drug-likeness (QED) is 0.786. The fraction of sp³-hybridized carbons (Fsp3) is 0.294. The SMILES string of the molecule is O=C(c1cc(Cl)nc(Cl)c1)N1CCCC1Cc1ccccc1. The van der Waals surface area contributed by atoms with E-state index >= 15 is 0 Å². The fourth-order valence-corrected chi connectivity index (χ4v) is 3.42. The van der Waals surface area contributed by atoms with Gasteiger partial charge in [0.25, 0.3) is 5.91 Å². The molecule has 0 N–H and O–H groups in total. The maximum atomic E-state index is 12.7. The standard InChI is InChI=1S/C17H16Cl2N2O/c18-15-10-13(11-16(19)20-15)17(22)21-8-4-7-14(21)9-12-5-2-1-3-6-12/h1-3,5-6,10-11,14H,4,7-9H2. The molecule has 1 unspecified atom stereocenters. The van der Waals surface area contributed by atoms with Crippen LogP contribution in [0, 0.1) is 0 Å². The number of carbonyl (C=O) groups excluding carboxylic acids is 1. The Morgan fingerprint density at radius 1 is 1.18 bits per heavy atom. The molecule has 1 amide bonds. The molecule has 2 heterocycles. The van der Waals surface area contributed by atoms with E-state index in [2.05, 4.69) is 17.1 Å². The number of hydrogen-bond donors (Lipinski definition) is 0. The molecule has 0 saturated carbocycles. The molecule has 1 aromatic heterocycles. The van der Waals surface area contributed by atoms with Crippen LogP contribution in [0.25, 0.3) is 0 Å². The maximum absolute atomic E-state index is 12.7. The summed E-state index contributed by atoms with van der Waals surface area (Å²) in [5.41, 5.74) is 1.75. The van der Waals surface area contributed by atoms with Gasteiger partial charge in [-0.15, -0.1) is 0 Å². The summed E-state index contributed by atoms with van der Waals surface area (Å²) in [6.45, 7) is 0.772. The summed E-state index contributed by atoms with van der Waals surface area (Å²) in [5, 5.41) is 0.490. The summed E-state index contributed by atoms with van der Waals surface area (Å²) >= 11 is 11.8. The van der Waals surface area contributed by atoms with E-state index in [1.54, 1.807) is 12.1 Å². The Bertz CT molecular complexity index is 655. The van der Waals surface area contributed by atoms with Crippen molar-refractivity contribution in [1.82, 2.24) is 9.88 Å². The maximum Gasteiger partial charge on any atom is 0.254 e. The predicted molar refractivity (Wildman–Crippen MR) is 88.5 cm³/mol. The van der Waals surface area contributed by atoms with Crippen molar-refractivity contribution in [3.63, 3.8) is 0 Å². The van der Waals surface area contributed by atoms with E-state index in [9.17, 15) is 4.79 Å². The summed E-state index contributed by atoms with van der Waals surface area (Å²) in [6, 6.07) is 13.6. The molecule has 3 rings (SSSR count). The average Bonchev–Trinajstić information content (AvgIpc) is 2.94. The van der Waals surface area contributed by atoms with E-state index in [0.717, 1.165) is 25.8 Å². The molecular formula is C17H16Cl2N2O. The normalized spacial score (nSPS) is 17.7. The molecule has 22 heavy (non-hydrogen) atoms. The highest BCUT2D eigenvalue weighted by Crippen LogP contribution is 2.25. The number of nitrogens with zero attached hydrogens (tertiary/aromatic N) is 2. The van der Waals surface area contributed by atoms with Gasteiger partial charge in [0.1, 0.15) is 10.3 Å². The zero-order chi connectivity index (χ0) is 15.5. The van der Waals surface area contributed by atoms with Gasteiger partial charge in [0.2, 0.25) is 0 Å². The van der Waals surface area contributed by atoms with Crippen LogP contribution in [-0.4, -0.2) is 28.4 Å². The number of benzene rings is 1. The minimum Gasteiger partial charge on any atom is -0.335 e. The van der Waals surface area contributed by atoms with Crippen molar-refractivity contribution < 1.29 is 4.79 Å². The summed E-state index contributed by atoms with van der Waals surface area (Å²) in [7, 11) is 0. The van der Waals surface area contributed by atoms with Crippen molar-refractivity contribution in [3.8, 4) is 0 Å². The third-order valence-electron chi connectivity index (χ3n) is 3.96. The number of amides is 1. The van der Waals surface area contributed by atoms with E-state index in [1.807, 2.05) is 23.1 Å². The molecule has 0 aliphatic carbocycles.